The van der Waals surface area contributed by atoms with E-state index in [1.807, 2.05) is 57.3 Å². The first kappa shape index (κ1) is 14.5. The second kappa shape index (κ2) is 6.50. The molecule has 2 rings (SSSR count). The highest BCUT2D eigenvalue weighted by molar-refractivity contribution is 5.43. The van der Waals surface area contributed by atoms with E-state index in [9.17, 15) is 0 Å². The van der Waals surface area contributed by atoms with E-state index in [0.717, 1.165) is 22.4 Å². The van der Waals surface area contributed by atoms with E-state index in [0.29, 0.717) is 0 Å². The Labute approximate surface area is 120 Å². The van der Waals surface area contributed by atoms with Gasteiger partial charge in [0.1, 0.15) is 5.75 Å². The maximum Gasteiger partial charge on any atom is 0.124 e. The quantitative estimate of drug-likeness (QED) is 0.648. The Hall–Kier alpha value is -1.91. The third-order valence-corrected chi connectivity index (χ3v) is 3.13. The summed E-state index contributed by atoms with van der Waals surface area (Å²) in [6.07, 6.45) is 3.73. The van der Waals surface area contributed by atoms with Crippen LogP contribution in [0.4, 0.5) is 0 Å². The standard InChI is InChI=1S/C16H21N3O/c1-11(2)20-15-7-5-4-6-14(15)16(19-17)13-8-9-18-10-12(13)3/h4-11,16,19H,17H2,1-3H3. The molecule has 1 heterocycles. The van der Waals surface area contributed by atoms with Crippen LogP contribution in [0.25, 0.3) is 0 Å². The van der Waals surface area contributed by atoms with Crippen LogP contribution < -0.4 is 16.0 Å². The van der Waals surface area contributed by atoms with Crippen molar-refractivity contribution in [2.75, 3.05) is 0 Å². The predicted octanol–water partition coefficient (Wildman–Crippen LogP) is 2.73. The number of pyridine rings is 1. The third-order valence-electron chi connectivity index (χ3n) is 3.13. The lowest BCUT2D eigenvalue weighted by Crippen LogP contribution is -2.30. The number of benzene rings is 1. The number of aromatic nitrogens is 1. The normalized spacial score (nSPS) is 12.4. The molecule has 0 saturated heterocycles. The summed E-state index contributed by atoms with van der Waals surface area (Å²) in [5.41, 5.74) is 6.10. The highest BCUT2D eigenvalue weighted by Gasteiger charge is 2.19. The molecule has 2 aromatic rings. The lowest BCUT2D eigenvalue weighted by molar-refractivity contribution is 0.238. The Bertz CT molecular complexity index is 569. The van der Waals surface area contributed by atoms with Gasteiger partial charge in [-0.2, -0.15) is 0 Å². The van der Waals surface area contributed by atoms with E-state index in [4.69, 9.17) is 10.6 Å². The molecule has 0 amide bonds. The molecule has 1 atom stereocenters. The van der Waals surface area contributed by atoms with Gasteiger partial charge in [-0.1, -0.05) is 18.2 Å². The van der Waals surface area contributed by atoms with E-state index in [1.165, 1.54) is 0 Å². The minimum atomic E-state index is -0.118. The van der Waals surface area contributed by atoms with Crippen LogP contribution in [0, 0.1) is 6.92 Å². The Balaban J connectivity index is 2.45. The maximum atomic E-state index is 5.88. The van der Waals surface area contributed by atoms with Gasteiger partial charge in [-0.25, -0.2) is 5.43 Å². The summed E-state index contributed by atoms with van der Waals surface area (Å²) >= 11 is 0. The largest absolute Gasteiger partial charge is 0.491 e. The number of hydrogen-bond acceptors (Lipinski definition) is 4. The predicted molar refractivity (Wildman–Crippen MR) is 80.3 cm³/mol. The van der Waals surface area contributed by atoms with E-state index >= 15 is 0 Å². The minimum absolute atomic E-state index is 0.118. The van der Waals surface area contributed by atoms with Gasteiger partial charge in [0, 0.05) is 18.0 Å². The molecule has 1 aromatic carbocycles. The van der Waals surface area contributed by atoms with E-state index in [-0.39, 0.29) is 12.1 Å². The highest BCUT2D eigenvalue weighted by atomic mass is 16.5. The number of rotatable bonds is 5. The van der Waals surface area contributed by atoms with Gasteiger partial charge in [0.25, 0.3) is 0 Å². The maximum absolute atomic E-state index is 5.88. The van der Waals surface area contributed by atoms with Gasteiger partial charge < -0.3 is 4.74 Å². The molecule has 1 aromatic heterocycles. The SMILES string of the molecule is Cc1cnccc1C(NN)c1ccccc1OC(C)C. The summed E-state index contributed by atoms with van der Waals surface area (Å²) < 4.78 is 5.88. The number of aryl methyl sites for hydroxylation is 1. The Kier molecular flexibility index (Phi) is 4.71. The molecule has 3 N–H and O–H groups in total. The summed E-state index contributed by atoms with van der Waals surface area (Å²) in [5, 5.41) is 0. The zero-order valence-corrected chi connectivity index (χ0v) is 12.1. The fraction of sp³-hybridized carbons (Fsp3) is 0.312. The van der Waals surface area contributed by atoms with Crippen molar-refractivity contribution in [1.82, 2.24) is 10.4 Å². The summed E-state index contributed by atoms with van der Waals surface area (Å²) in [5.74, 6) is 6.63. The monoisotopic (exact) mass is 271 g/mol. The molecule has 4 heteroatoms. The number of hydrogen-bond donors (Lipinski definition) is 2. The number of nitrogens with zero attached hydrogens (tertiary/aromatic N) is 1. The summed E-state index contributed by atoms with van der Waals surface area (Å²) in [6, 6.07) is 9.81. The Morgan fingerprint density at radius 2 is 1.90 bits per heavy atom. The van der Waals surface area contributed by atoms with Gasteiger partial charge in [-0.15, -0.1) is 0 Å². The van der Waals surface area contributed by atoms with Crippen LogP contribution >= 0.6 is 0 Å². The van der Waals surface area contributed by atoms with Gasteiger partial charge >= 0.3 is 0 Å². The minimum Gasteiger partial charge on any atom is -0.491 e. The van der Waals surface area contributed by atoms with E-state index in [1.54, 1.807) is 6.20 Å². The molecule has 106 valence electrons. The van der Waals surface area contributed by atoms with Gasteiger partial charge in [0.05, 0.1) is 12.1 Å². The van der Waals surface area contributed by atoms with Gasteiger partial charge in [0.2, 0.25) is 0 Å². The van der Waals surface area contributed by atoms with Gasteiger partial charge in [-0.05, 0) is 44.0 Å². The molecule has 0 aliphatic carbocycles. The van der Waals surface area contributed by atoms with Crippen molar-refractivity contribution < 1.29 is 4.74 Å². The molecule has 0 bridgehead atoms. The lowest BCUT2D eigenvalue weighted by Gasteiger charge is -2.22. The Morgan fingerprint density at radius 1 is 1.15 bits per heavy atom. The van der Waals surface area contributed by atoms with Crippen molar-refractivity contribution >= 4 is 0 Å². The number of ether oxygens (including phenoxy) is 1. The van der Waals surface area contributed by atoms with Gasteiger partial charge in [0.15, 0.2) is 0 Å². The molecule has 0 spiro atoms. The van der Waals surface area contributed by atoms with Crippen LogP contribution in [0.2, 0.25) is 0 Å². The number of para-hydroxylation sites is 1. The molecule has 0 saturated carbocycles. The fourth-order valence-corrected chi connectivity index (χ4v) is 2.24. The molecule has 0 fully saturated rings. The summed E-state index contributed by atoms with van der Waals surface area (Å²) in [4.78, 5) is 4.13. The highest BCUT2D eigenvalue weighted by Crippen LogP contribution is 2.31. The first-order valence-electron chi connectivity index (χ1n) is 6.75. The molecule has 4 nitrogen and oxygen atoms in total. The van der Waals surface area contributed by atoms with Crippen LogP contribution in [-0.2, 0) is 0 Å². The van der Waals surface area contributed by atoms with Gasteiger partial charge in [-0.3, -0.25) is 10.8 Å². The topological polar surface area (TPSA) is 60.2 Å². The molecule has 1 unspecified atom stereocenters. The van der Waals surface area contributed by atoms with Crippen LogP contribution in [-0.4, -0.2) is 11.1 Å². The van der Waals surface area contributed by atoms with Crippen molar-refractivity contribution in [1.29, 1.82) is 0 Å². The second-order valence-corrected chi connectivity index (χ2v) is 5.04. The van der Waals surface area contributed by atoms with Crippen LogP contribution in [0.15, 0.2) is 42.7 Å². The number of nitrogens with two attached hydrogens (primary N) is 1. The number of hydrazine groups is 1. The van der Waals surface area contributed by atoms with Crippen molar-refractivity contribution in [3.05, 3.63) is 59.4 Å². The average molecular weight is 271 g/mol. The van der Waals surface area contributed by atoms with Crippen molar-refractivity contribution in [3.63, 3.8) is 0 Å². The number of nitrogens with one attached hydrogen (secondary N) is 1. The zero-order chi connectivity index (χ0) is 14.5. The molecular formula is C16H21N3O. The smallest absolute Gasteiger partial charge is 0.124 e. The molecule has 0 radical (unpaired) electrons. The van der Waals surface area contributed by atoms with Crippen LogP contribution in [0.3, 0.4) is 0 Å². The van der Waals surface area contributed by atoms with Crippen molar-refractivity contribution in [3.8, 4) is 5.75 Å². The second-order valence-electron chi connectivity index (χ2n) is 5.04. The molecule has 20 heavy (non-hydrogen) atoms. The lowest BCUT2D eigenvalue weighted by atomic mass is 9.96. The third kappa shape index (κ3) is 3.15. The summed E-state index contributed by atoms with van der Waals surface area (Å²) in [6.45, 7) is 6.05. The zero-order valence-electron chi connectivity index (χ0n) is 12.1. The molecule has 0 aliphatic rings. The van der Waals surface area contributed by atoms with E-state index in [2.05, 4.69) is 10.4 Å². The van der Waals surface area contributed by atoms with E-state index < -0.39 is 0 Å². The fourth-order valence-electron chi connectivity index (χ4n) is 2.24. The van der Waals surface area contributed by atoms with Crippen molar-refractivity contribution in [2.24, 2.45) is 5.84 Å². The average Bonchev–Trinajstić information content (AvgIpc) is 2.43. The van der Waals surface area contributed by atoms with Crippen LogP contribution in [0.5, 0.6) is 5.75 Å². The molecular weight excluding hydrogens is 250 g/mol. The van der Waals surface area contributed by atoms with Crippen molar-refractivity contribution in [2.45, 2.75) is 32.9 Å². The first-order valence-corrected chi connectivity index (χ1v) is 6.75. The Morgan fingerprint density at radius 3 is 2.55 bits per heavy atom. The first-order chi connectivity index (χ1) is 9.63. The molecule has 0 aliphatic heterocycles. The summed E-state index contributed by atoms with van der Waals surface area (Å²) in [7, 11) is 0. The van der Waals surface area contributed by atoms with Crippen LogP contribution in [0.1, 0.15) is 36.6 Å².